The molecule has 0 unspecified atom stereocenters. The molecule has 0 atom stereocenters. The first-order valence-corrected chi connectivity index (χ1v) is 7.25. The Morgan fingerprint density at radius 1 is 1.24 bits per heavy atom. The molecular weight excluding hydrogens is 365 g/mol. The number of rotatable bonds is 5. The predicted molar refractivity (Wildman–Crippen MR) is 81.1 cm³/mol. The van der Waals surface area contributed by atoms with Gasteiger partial charge in [0.25, 0.3) is 5.69 Å². The molecule has 2 rings (SSSR count). The summed E-state index contributed by atoms with van der Waals surface area (Å²) in [5.74, 6) is -0.343. The monoisotopic (exact) mass is 373 g/mol. The number of ether oxygens (including phenoxy) is 1. The molecular formula is C14H10BrClFNO3. The van der Waals surface area contributed by atoms with E-state index >= 15 is 0 Å². The Morgan fingerprint density at radius 2 is 1.90 bits per heavy atom. The second-order valence-corrected chi connectivity index (χ2v) is 5.22. The summed E-state index contributed by atoms with van der Waals surface area (Å²) in [6, 6.07) is 9.07. The fourth-order valence-electron chi connectivity index (χ4n) is 1.79. The summed E-state index contributed by atoms with van der Waals surface area (Å²) in [5, 5.41) is 10.9. The van der Waals surface area contributed by atoms with Crippen LogP contribution in [0, 0.1) is 15.9 Å². The highest BCUT2D eigenvalue weighted by atomic mass is 79.9. The third-order valence-electron chi connectivity index (χ3n) is 2.82. The topological polar surface area (TPSA) is 52.4 Å². The highest BCUT2D eigenvalue weighted by molar-refractivity contribution is 9.10. The van der Waals surface area contributed by atoms with Crippen molar-refractivity contribution >= 4 is 33.2 Å². The largest absolute Gasteiger partial charge is 0.485 e. The smallest absolute Gasteiger partial charge is 0.283 e. The first-order valence-electron chi connectivity index (χ1n) is 5.92. The second kappa shape index (κ2) is 6.87. The van der Waals surface area contributed by atoms with Crippen LogP contribution < -0.4 is 4.74 Å². The number of benzene rings is 2. The minimum atomic E-state index is -0.519. The molecule has 0 saturated heterocycles. The predicted octanol–water partition coefficient (Wildman–Crippen LogP) is 4.81. The van der Waals surface area contributed by atoms with E-state index in [2.05, 4.69) is 15.9 Å². The summed E-state index contributed by atoms with van der Waals surface area (Å²) >= 11 is 8.91. The molecule has 0 aliphatic carbocycles. The number of nitrogens with zero attached hydrogens (tertiary/aromatic N) is 1. The van der Waals surface area contributed by atoms with Crippen LogP contribution >= 0.6 is 27.5 Å². The lowest BCUT2D eigenvalue weighted by Crippen LogP contribution is -2.02. The van der Waals surface area contributed by atoms with Gasteiger partial charge in [0.15, 0.2) is 11.6 Å². The minimum absolute atomic E-state index is 0.00686. The molecule has 0 radical (unpaired) electrons. The lowest BCUT2D eigenvalue weighted by atomic mass is 10.2. The number of hydrogen-bond donors (Lipinski definition) is 0. The highest BCUT2D eigenvalue weighted by Gasteiger charge is 2.16. The third kappa shape index (κ3) is 3.51. The highest BCUT2D eigenvalue weighted by Crippen LogP contribution is 2.30. The van der Waals surface area contributed by atoms with Crippen molar-refractivity contribution in [1.82, 2.24) is 0 Å². The fourth-order valence-corrected chi connectivity index (χ4v) is 2.52. The average molecular weight is 375 g/mol. The van der Waals surface area contributed by atoms with Crippen molar-refractivity contribution in [3.63, 3.8) is 0 Å². The van der Waals surface area contributed by atoms with Crippen LogP contribution in [0.15, 0.2) is 40.9 Å². The van der Waals surface area contributed by atoms with Crippen LogP contribution in [0.3, 0.4) is 0 Å². The molecule has 0 N–H and O–H groups in total. The van der Waals surface area contributed by atoms with E-state index < -0.39 is 10.7 Å². The van der Waals surface area contributed by atoms with E-state index in [4.69, 9.17) is 16.3 Å². The van der Waals surface area contributed by atoms with Gasteiger partial charge in [-0.3, -0.25) is 10.1 Å². The van der Waals surface area contributed by atoms with Crippen LogP contribution in [0.25, 0.3) is 0 Å². The summed E-state index contributed by atoms with van der Waals surface area (Å²) in [4.78, 5) is 10.4. The van der Waals surface area contributed by atoms with Crippen LogP contribution in [0.1, 0.15) is 11.1 Å². The number of nitro benzene ring substituents is 1. The summed E-state index contributed by atoms with van der Waals surface area (Å²) in [7, 11) is 0. The van der Waals surface area contributed by atoms with E-state index in [0.717, 1.165) is 0 Å². The van der Waals surface area contributed by atoms with Gasteiger partial charge in [-0.1, -0.05) is 24.3 Å². The Kier molecular flexibility index (Phi) is 5.14. The van der Waals surface area contributed by atoms with Crippen molar-refractivity contribution in [2.45, 2.75) is 12.5 Å². The van der Waals surface area contributed by atoms with Gasteiger partial charge < -0.3 is 4.74 Å². The Labute approximate surface area is 133 Å². The maximum absolute atomic E-state index is 13.7. The molecule has 0 aliphatic heterocycles. The van der Waals surface area contributed by atoms with Crippen LogP contribution in [-0.2, 0) is 12.5 Å². The molecule has 7 heteroatoms. The molecule has 0 aliphatic rings. The Hall–Kier alpha value is -1.66. The van der Waals surface area contributed by atoms with E-state index in [1.807, 2.05) is 0 Å². The molecule has 0 bridgehead atoms. The van der Waals surface area contributed by atoms with Crippen LogP contribution in [0.4, 0.5) is 10.1 Å². The number of nitro groups is 1. The van der Waals surface area contributed by atoms with Gasteiger partial charge in [-0.15, -0.1) is 11.6 Å². The van der Waals surface area contributed by atoms with E-state index in [0.29, 0.717) is 15.6 Å². The summed E-state index contributed by atoms with van der Waals surface area (Å²) in [6.07, 6.45) is 0. The van der Waals surface area contributed by atoms with Crippen molar-refractivity contribution < 1.29 is 14.1 Å². The number of halogens is 3. The molecule has 0 fully saturated rings. The van der Waals surface area contributed by atoms with Crippen molar-refractivity contribution in [3.8, 4) is 5.75 Å². The normalized spacial score (nSPS) is 10.4. The van der Waals surface area contributed by atoms with Crippen LogP contribution in [0.5, 0.6) is 5.75 Å². The molecule has 0 amide bonds. The SMILES string of the molecule is O=[N+]([O-])c1cccc(COc2c(F)cccc2CCl)c1Br. The summed E-state index contributed by atoms with van der Waals surface area (Å²) in [5.41, 5.74) is 1.01. The molecule has 21 heavy (non-hydrogen) atoms. The first kappa shape index (κ1) is 15.7. The summed E-state index contributed by atoms with van der Waals surface area (Å²) < 4.78 is 19.5. The zero-order chi connectivity index (χ0) is 15.4. The van der Waals surface area contributed by atoms with Gasteiger partial charge in [0.1, 0.15) is 11.1 Å². The third-order valence-corrected chi connectivity index (χ3v) is 4.02. The summed E-state index contributed by atoms with van der Waals surface area (Å²) in [6.45, 7) is -0.00686. The molecule has 0 aromatic heterocycles. The van der Waals surface area contributed by atoms with E-state index in [1.165, 1.54) is 12.1 Å². The second-order valence-electron chi connectivity index (χ2n) is 4.16. The average Bonchev–Trinajstić information content (AvgIpc) is 2.46. The van der Waals surface area contributed by atoms with Crippen molar-refractivity contribution in [2.24, 2.45) is 0 Å². The molecule has 110 valence electrons. The van der Waals surface area contributed by atoms with Crippen LogP contribution in [-0.4, -0.2) is 4.92 Å². The first-order chi connectivity index (χ1) is 10.0. The maximum atomic E-state index is 13.7. The molecule has 0 heterocycles. The van der Waals surface area contributed by atoms with Crippen molar-refractivity contribution in [1.29, 1.82) is 0 Å². The van der Waals surface area contributed by atoms with Gasteiger partial charge in [-0.05, 0) is 22.0 Å². The van der Waals surface area contributed by atoms with Crippen molar-refractivity contribution in [2.75, 3.05) is 0 Å². The molecule has 2 aromatic carbocycles. The van der Waals surface area contributed by atoms with Gasteiger partial charge in [-0.25, -0.2) is 4.39 Å². The van der Waals surface area contributed by atoms with Crippen LogP contribution in [0.2, 0.25) is 0 Å². The Morgan fingerprint density at radius 3 is 2.57 bits per heavy atom. The quantitative estimate of drug-likeness (QED) is 0.428. The number of hydrogen-bond acceptors (Lipinski definition) is 3. The molecule has 4 nitrogen and oxygen atoms in total. The number of alkyl halides is 1. The zero-order valence-electron chi connectivity index (χ0n) is 10.7. The standard InChI is InChI=1S/C14H10BrClFNO3/c15-13-10(4-2-6-12(13)18(19)20)8-21-14-9(7-16)3-1-5-11(14)17/h1-6H,7-8H2. The van der Waals surface area contributed by atoms with Gasteiger partial charge >= 0.3 is 0 Å². The lowest BCUT2D eigenvalue weighted by Gasteiger charge is -2.12. The zero-order valence-corrected chi connectivity index (χ0v) is 13.0. The maximum Gasteiger partial charge on any atom is 0.283 e. The molecule has 0 saturated carbocycles. The molecule has 2 aromatic rings. The van der Waals surface area contributed by atoms with Crippen molar-refractivity contribution in [3.05, 3.63) is 67.9 Å². The molecule has 0 spiro atoms. The Balaban J connectivity index is 2.25. The van der Waals surface area contributed by atoms with Gasteiger partial charge in [-0.2, -0.15) is 0 Å². The van der Waals surface area contributed by atoms with Gasteiger partial charge in [0, 0.05) is 17.2 Å². The lowest BCUT2D eigenvalue weighted by molar-refractivity contribution is -0.385. The van der Waals surface area contributed by atoms with E-state index in [9.17, 15) is 14.5 Å². The fraction of sp³-hybridized carbons (Fsp3) is 0.143. The van der Waals surface area contributed by atoms with Gasteiger partial charge in [0.05, 0.1) is 10.8 Å². The van der Waals surface area contributed by atoms with E-state index in [1.54, 1.807) is 24.3 Å². The minimum Gasteiger partial charge on any atom is -0.485 e. The number of para-hydroxylation sites is 1. The van der Waals surface area contributed by atoms with E-state index in [-0.39, 0.29) is 23.9 Å². The van der Waals surface area contributed by atoms with Gasteiger partial charge in [0.2, 0.25) is 0 Å². The Bertz CT molecular complexity index is 681.